The Labute approximate surface area is 360 Å². The van der Waals surface area contributed by atoms with Crippen molar-refractivity contribution in [2.75, 3.05) is 13.2 Å². The molecule has 2 fully saturated rings. The van der Waals surface area contributed by atoms with Crippen LogP contribution in [0, 0.1) is 10.1 Å². The molecule has 3 rings (SSSR count). The van der Waals surface area contributed by atoms with Gasteiger partial charge in [-0.15, -0.1) is 5.06 Å². The third-order valence-corrected chi connectivity index (χ3v) is 9.62. The highest BCUT2D eigenvalue weighted by molar-refractivity contribution is 6.62. The lowest BCUT2D eigenvalue weighted by Crippen LogP contribution is -2.57. The Bertz CT molecular complexity index is 1970. The minimum Gasteiger partial charge on any atom is -0.462 e. The second-order valence-corrected chi connectivity index (χ2v) is 15.3. The summed E-state index contributed by atoms with van der Waals surface area (Å²) in [6.45, 7) is 10.2. The van der Waals surface area contributed by atoms with E-state index in [0.717, 1.165) is 46.8 Å². The maximum absolute atomic E-state index is 14.0. The number of nitrogens with one attached hydrogen (secondary N) is 2. The molecule has 0 aliphatic carbocycles. The Balaban J connectivity index is 2.02. The van der Waals surface area contributed by atoms with Crippen molar-refractivity contribution in [3.8, 4) is 0 Å². The average molecular weight is 893 g/mol. The van der Waals surface area contributed by atoms with E-state index in [0.29, 0.717) is 0 Å². The molecule has 1 aromatic carbocycles. The van der Waals surface area contributed by atoms with Crippen LogP contribution >= 0.6 is 0 Å². The highest BCUT2D eigenvalue weighted by Gasteiger charge is 2.52. The van der Waals surface area contributed by atoms with Gasteiger partial charge < -0.3 is 48.5 Å². The summed E-state index contributed by atoms with van der Waals surface area (Å²) in [7, 11) is -1.17. The number of nitro groups is 1. The van der Waals surface area contributed by atoms with Crippen LogP contribution in [0.15, 0.2) is 18.2 Å². The number of rotatable bonds is 20. The van der Waals surface area contributed by atoms with Crippen LogP contribution in [0.4, 0.5) is 5.69 Å². The molecule has 5 atom stereocenters. The van der Waals surface area contributed by atoms with Gasteiger partial charge in [-0.3, -0.25) is 53.3 Å². The molecule has 25 heteroatoms. The van der Waals surface area contributed by atoms with E-state index >= 15 is 0 Å². The van der Waals surface area contributed by atoms with Crippen molar-refractivity contribution in [1.82, 2.24) is 15.7 Å². The van der Waals surface area contributed by atoms with Gasteiger partial charge in [0.2, 0.25) is 5.91 Å². The van der Waals surface area contributed by atoms with Crippen molar-refractivity contribution in [3.63, 3.8) is 0 Å². The van der Waals surface area contributed by atoms with Crippen LogP contribution in [-0.2, 0) is 81.0 Å². The van der Waals surface area contributed by atoms with E-state index in [1.54, 1.807) is 27.7 Å². The third-order valence-electron chi connectivity index (χ3n) is 9.62. The van der Waals surface area contributed by atoms with Crippen LogP contribution < -0.4 is 16.1 Å². The molecule has 1 aromatic rings. The molecule has 2 saturated heterocycles. The van der Waals surface area contributed by atoms with Gasteiger partial charge in [0.1, 0.15) is 12.6 Å². The van der Waals surface area contributed by atoms with Crippen LogP contribution in [0.2, 0.25) is 0 Å². The Morgan fingerprint density at radius 3 is 1.78 bits per heavy atom. The van der Waals surface area contributed by atoms with Gasteiger partial charge in [0.05, 0.1) is 29.1 Å². The molecule has 0 saturated carbocycles. The third kappa shape index (κ3) is 14.5. The van der Waals surface area contributed by atoms with E-state index < -0.39 is 145 Å². The normalized spacial score (nSPS) is 17.5. The minimum absolute atomic E-state index is 0.0707. The highest BCUT2D eigenvalue weighted by atomic mass is 16.7. The number of benzene rings is 1. The lowest BCUT2D eigenvalue weighted by atomic mass is 9.78. The van der Waals surface area contributed by atoms with Crippen LogP contribution in [0.3, 0.4) is 0 Å². The molecule has 2 N–H and O–H groups in total. The monoisotopic (exact) mass is 892 g/mol. The lowest BCUT2D eigenvalue weighted by molar-refractivity contribution is -0.384. The minimum atomic E-state index is -1.90. The molecule has 344 valence electrons. The number of carbonyl (C=O) groups excluding carboxylic acids is 10. The number of ether oxygens (including phenoxy) is 5. The van der Waals surface area contributed by atoms with Gasteiger partial charge in [-0.2, -0.15) is 0 Å². The number of nitro benzene ring substituents is 1. The number of amides is 4. The maximum Gasteiger partial charge on any atom is 0.495 e. The Morgan fingerprint density at radius 1 is 0.778 bits per heavy atom. The van der Waals surface area contributed by atoms with Gasteiger partial charge in [-0.1, -0.05) is 0 Å². The zero-order valence-corrected chi connectivity index (χ0v) is 36.0. The second-order valence-electron chi connectivity index (χ2n) is 15.3. The van der Waals surface area contributed by atoms with E-state index in [-0.39, 0.29) is 28.9 Å². The fourth-order valence-electron chi connectivity index (χ4n) is 6.03. The average Bonchev–Trinajstić information content (AvgIpc) is 3.60. The molecule has 0 spiro atoms. The summed E-state index contributed by atoms with van der Waals surface area (Å²) >= 11 is 0. The smallest absolute Gasteiger partial charge is 0.462 e. The molecule has 2 aliphatic rings. The topological polar surface area (TPSA) is 315 Å². The Hall–Kier alpha value is -6.50. The predicted molar refractivity (Wildman–Crippen MR) is 208 cm³/mol. The number of esters is 5. The summed E-state index contributed by atoms with van der Waals surface area (Å²) in [5.41, 5.74) is -2.61. The molecule has 0 radical (unpaired) electrons. The van der Waals surface area contributed by atoms with Gasteiger partial charge >= 0.3 is 42.9 Å². The van der Waals surface area contributed by atoms with Crippen molar-refractivity contribution in [1.29, 1.82) is 0 Å². The highest BCUT2D eigenvalue weighted by Crippen LogP contribution is 2.37. The maximum atomic E-state index is 14.0. The van der Waals surface area contributed by atoms with Crippen LogP contribution in [0.1, 0.15) is 98.4 Å². The molecule has 0 unspecified atom stereocenters. The quantitative estimate of drug-likeness (QED) is 0.0427. The summed E-state index contributed by atoms with van der Waals surface area (Å²) in [4.78, 5) is 142. The Morgan fingerprint density at radius 2 is 1.29 bits per heavy atom. The summed E-state index contributed by atoms with van der Waals surface area (Å²) in [5, 5.41) is 17.0. The fraction of sp³-hybridized carbons (Fsp3) is 0.579. The molecular weight excluding hydrogens is 843 g/mol. The molecular formula is C38H49BN4O20. The standard InChI is InChI=1S/C38H49BN4O20/c1-19(44)56-18-29(58-21(3)46)34(60-23(5)48)33(59-22(4)47)28(57-20(2)45)17-40-36(53)27(10-13-32(51)61-42-30(49)11-12-31(42)50)41-35(52)24-14-25(16-26(15-24)43(54)55)39-62-37(6,7)38(8,9)63-39/h14-16,27-29,33-34H,10-13,17-18H2,1-9H3,(H,40,53)(H,41,52)/t27-,28+,29-,33-,34-/m0/s1. The number of hydroxylamine groups is 2. The van der Waals surface area contributed by atoms with Crippen LogP contribution in [0.5, 0.6) is 0 Å². The van der Waals surface area contributed by atoms with Crippen molar-refractivity contribution >= 4 is 77.7 Å². The molecule has 4 amide bonds. The fourth-order valence-corrected chi connectivity index (χ4v) is 6.03. The number of nitrogens with zero attached hydrogens (tertiary/aromatic N) is 2. The molecule has 63 heavy (non-hydrogen) atoms. The van der Waals surface area contributed by atoms with E-state index in [1.165, 1.54) is 6.07 Å². The zero-order chi connectivity index (χ0) is 47.6. The number of imide groups is 1. The number of carbonyl (C=O) groups is 10. The molecule has 0 bridgehead atoms. The molecule has 0 aromatic heterocycles. The van der Waals surface area contributed by atoms with Crippen molar-refractivity contribution in [3.05, 3.63) is 33.9 Å². The van der Waals surface area contributed by atoms with Gasteiger partial charge in [-0.05, 0) is 45.6 Å². The zero-order valence-electron chi connectivity index (χ0n) is 36.0. The summed E-state index contributed by atoms with van der Waals surface area (Å²) in [6.07, 6.45) is -8.99. The van der Waals surface area contributed by atoms with Gasteiger partial charge in [0, 0.05) is 65.2 Å². The number of hydrogen-bond donors (Lipinski definition) is 2. The van der Waals surface area contributed by atoms with E-state index in [4.69, 9.17) is 37.8 Å². The Kier molecular flexibility index (Phi) is 17.4. The SMILES string of the molecule is CC(=O)OC[C@H](OC(C)=O)[C@H](OC(C)=O)[C@@H](OC(C)=O)[C@@H](CNC(=O)[C@H](CCC(=O)ON1C(=O)CCC1=O)NC(=O)c1cc(B2OC(C)(C)C(C)(C)O2)cc([N+](=O)[O-])c1)OC(C)=O. The van der Waals surface area contributed by atoms with Gasteiger partial charge in [0.15, 0.2) is 24.4 Å². The van der Waals surface area contributed by atoms with E-state index in [9.17, 15) is 58.1 Å². The number of non-ortho nitro benzene ring substituents is 1. The van der Waals surface area contributed by atoms with Crippen molar-refractivity contribution < 1.29 is 90.7 Å². The van der Waals surface area contributed by atoms with Crippen LogP contribution in [-0.4, -0.2) is 131 Å². The summed E-state index contributed by atoms with van der Waals surface area (Å²) < 4.78 is 38.3. The van der Waals surface area contributed by atoms with E-state index in [1.807, 2.05) is 0 Å². The molecule has 24 nitrogen and oxygen atoms in total. The summed E-state index contributed by atoms with van der Waals surface area (Å²) in [6, 6.07) is 1.52. The molecule has 2 aliphatic heterocycles. The van der Waals surface area contributed by atoms with Crippen molar-refractivity contribution in [2.45, 2.75) is 130 Å². The number of hydrogen-bond acceptors (Lipinski definition) is 20. The largest absolute Gasteiger partial charge is 0.495 e. The first kappa shape index (κ1) is 50.9. The first-order chi connectivity index (χ1) is 29.2. The van der Waals surface area contributed by atoms with Crippen LogP contribution in [0.25, 0.3) is 0 Å². The van der Waals surface area contributed by atoms with E-state index in [2.05, 4.69) is 10.6 Å². The first-order valence-electron chi connectivity index (χ1n) is 19.3. The second kappa shape index (κ2) is 21.5. The van der Waals surface area contributed by atoms with Gasteiger partial charge in [0.25, 0.3) is 23.4 Å². The summed E-state index contributed by atoms with van der Waals surface area (Å²) in [5.74, 6) is -9.92. The molecule has 2 heterocycles. The lowest BCUT2D eigenvalue weighted by Gasteiger charge is -2.35. The van der Waals surface area contributed by atoms with Crippen molar-refractivity contribution in [2.24, 2.45) is 0 Å². The van der Waals surface area contributed by atoms with Gasteiger partial charge in [-0.25, -0.2) is 4.79 Å². The predicted octanol–water partition coefficient (Wildman–Crippen LogP) is -0.214. The first-order valence-corrected chi connectivity index (χ1v) is 19.3.